The minimum Gasteiger partial charge on any atom is -0.461 e. The highest BCUT2D eigenvalue weighted by molar-refractivity contribution is 7.80. The molecule has 1 aromatic heterocycles. The largest absolute Gasteiger partial charge is 0.461 e. The Labute approximate surface area is 151 Å². The van der Waals surface area contributed by atoms with Gasteiger partial charge in [-0.2, -0.15) is 0 Å². The number of rotatable bonds is 4. The molecule has 3 N–H and O–H groups in total. The molecular weight excluding hydrogens is 334 g/mol. The van der Waals surface area contributed by atoms with Crippen molar-refractivity contribution in [1.29, 1.82) is 0 Å². The Morgan fingerprint density at radius 1 is 1.12 bits per heavy atom. The monoisotopic (exact) mass is 353 g/mol. The second-order valence-corrected chi connectivity index (χ2v) is 5.99. The predicted octanol–water partition coefficient (Wildman–Crippen LogP) is 4.46. The van der Waals surface area contributed by atoms with Gasteiger partial charge < -0.3 is 20.4 Å². The number of fused-ring (bicyclic) bond motifs is 1. The van der Waals surface area contributed by atoms with Crippen molar-refractivity contribution in [2.75, 3.05) is 17.2 Å². The third kappa shape index (κ3) is 3.80. The lowest BCUT2D eigenvalue weighted by atomic mass is 10.2. The van der Waals surface area contributed by atoms with Crippen LogP contribution in [0.1, 0.15) is 23.0 Å². The normalized spacial score (nSPS) is 10.5. The predicted molar refractivity (Wildman–Crippen MR) is 105 cm³/mol. The molecule has 0 bridgehead atoms. The fourth-order valence-electron chi connectivity index (χ4n) is 2.54. The van der Waals surface area contributed by atoms with Gasteiger partial charge in [0.15, 0.2) is 5.11 Å². The van der Waals surface area contributed by atoms with Gasteiger partial charge in [0.1, 0.15) is 5.69 Å². The number of aromatic amines is 1. The van der Waals surface area contributed by atoms with E-state index in [-0.39, 0.29) is 0 Å². The molecule has 2 aromatic carbocycles. The molecule has 0 amide bonds. The second kappa shape index (κ2) is 7.36. The van der Waals surface area contributed by atoms with E-state index in [0.717, 1.165) is 16.6 Å². The zero-order valence-corrected chi connectivity index (χ0v) is 14.9. The Balaban J connectivity index is 1.88. The van der Waals surface area contributed by atoms with E-state index in [9.17, 15) is 4.79 Å². The number of aryl methyl sites for hydroxylation is 1. The number of benzene rings is 2. The van der Waals surface area contributed by atoms with Gasteiger partial charge in [0.25, 0.3) is 0 Å². The topological polar surface area (TPSA) is 66.2 Å². The van der Waals surface area contributed by atoms with Gasteiger partial charge in [-0.3, -0.25) is 0 Å². The van der Waals surface area contributed by atoms with Crippen molar-refractivity contribution in [2.24, 2.45) is 0 Å². The SMILES string of the molecule is CCOC(=O)c1[nH]c2ccccc2c1NC(=S)Nc1ccc(C)cc1. The van der Waals surface area contributed by atoms with Crippen LogP contribution in [-0.4, -0.2) is 22.7 Å². The molecular formula is C19H19N3O2S. The number of carbonyl (C=O) groups is 1. The van der Waals surface area contributed by atoms with E-state index >= 15 is 0 Å². The van der Waals surface area contributed by atoms with Crippen LogP contribution in [0.5, 0.6) is 0 Å². The molecule has 0 radical (unpaired) electrons. The molecule has 0 saturated heterocycles. The lowest BCUT2D eigenvalue weighted by Crippen LogP contribution is -2.20. The average Bonchev–Trinajstić information content (AvgIpc) is 2.96. The summed E-state index contributed by atoms with van der Waals surface area (Å²) in [5.74, 6) is -0.417. The quantitative estimate of drug-likeness (QED) is 0.477. The number of esters is 1. The summed E-state index contributed by atoms with van der Waals surface area (Å²) in [6.07, 6.45) is 0. The maximum absolute atomic E-state index is 12.3. The van der Waals surface area contributed by atoms with E-state index < -0.39 is 5.97 Å². The lowest BCUT2D eigenvalue weighted by molar-refractivity contribution is 0.0522. The maximum Gasteiger partial charge on any atom is 0.356 e. The first-order valence-electron chi connectivity index (χ1n) is 8.01. The Kier molecular flexibility index (Phi) is 5.00. The van der Waals surface area contributed by atoms with Crippen molar-refractivity contribution >= 4 is 45.6 Å². The molecule has 25 heavy (non-hydrogen) atoms. The first-order chi connectivity index (χ1) is 12.1. The Hall–Kier alpha value is -2.86. The molecule has 0 unspecified atom stereocenters. The van der Waals surface area contributed by atoms with E-state index in [2.05, 4.69) is 15.6 Å². The van der Waals surface area contributed by atoms with Crippen molar-refractivity contribution < 1.29 is 9.53 Å². The summed E-state index contributed by atoms with van der Waals surface area (Å²) in [6, 6.07) is 15.5. The van der Waals surface area contributed by atoms with Crippen LogP contribution in [0.2, 0.25) is 0 Å². The number of thiocarbonyl (C=S) groups is 1. The Morgan fingerprint density at radius 2 is 1.84 bits per heavy atom. The molecule has 1 heterocycles. The highest BCUT2D eigenvalue weighted by Gasteiger charge is 2.19. The van der Waals surface area contributed by atoms with Crippen molar-refractivity contribution in [1.82, 2.24) is 4.98 Å². The summed E-state index contributed by atoms with van der Waals surface area (Å²) in [6.45, 7) is 4.11. The fraction of sp³-hybridized carbons (Fsp3) is 0.158. The third-order valence-electron chi connectivity index (χ3n) is 3.73. The van der Waals surface area contributed by atoms with Crippen molar-refractivity contribution in [2.45, 2.75) is 13.8 Å². The van der Waals surface area contributed by atoms with Gasteiger partial charge in [-0.25, -0.2) is 4.79 Å². The molecule has 0 atom stereocenters. The standard InChI is InChI=1S/C19H19N3O2S/c1-3-24-18(23)17-16(14-6-4-5-7-15(14)21-17)22-19(25)20-13-10-8-12(2)9-11-13/h4-11,21H,3H2,1-2H3,(H2,20,22,25). The molecule has 3 aromatic rings. The van der Waals surface area contributed by atoms with E-state index in [4.69, 9.17) is 17.0 Å². The number of hydrogen-bond acceptors (Lipinski definition) is 3. The zero-order valence-electron chi connectivity index (χ0n) is 14.1. The van der Waals surface area contributed by atoms with Crippen molar-refractivity contribution in [3.8, 4) is 0 Å². The zero-order chi connectivity index (χ0) is 17.8. The first kappa shape index (κ1) is 17.0. The molecule has 0 fully saturated rings. The van der Waals surface area contributed by atoms with Crippen LogP contribution in [0.15, 0.2) is 48.5 Å². The number of aromatic nitrogens is 1. The van der Waals surface area contributed by atoms with Crippen LogP contribution in [-0.2, 0) is 4.74 Å². The van der Waals surface area contributed by atoms with E-state index in [1.165, 1.54) is 5.56 Å². The highest BCUT2D eigenvalue weighted by atomic mass is 32.1. The Morgan fingerprint density at radius 3 is 2.56 bits per heavy atom. The summed E-state index contributed by atoms with van der Waals surface area (Å²) in [4.78, 5) is 15.4. The highest BCUT2D eigenvalue weighted by Crippen LogP contribution is 2.28. The van der Waals surface area contributed by atoms with Crippen LogP contribution in [0.25, 0.3) is 10.9 Å². The number of H-pyrrole nitrogens is 1. The number of ether oxygens (including phenoxy) is 1. The van der Waals surface area contributed by atoms with Crippen LogP contribution < -0.4 is 10.6 Å². The van der Waals surface area contributed by atoms with Crippen LogP contribution >= 0.6 is 12.2 Å². The smallest absolute Gasteiger partial charge is 0.356 e. The van der Waals surface area contributed by atoms with Gasteiger partial charge in [-0.1, -0.05) is 35.9 Å². The molecule has 6 heteroatoms. The van der Waals surface area contributed by atoms with Crippen LogP contribution in [0.3, 0.4) is 0 Å². The van der Waals surface area contributed by atoms with Gasteiger partial charge >= 0.3 is 5.97 Å². The molecule has 128 valence electrons. The van der Waals surface area contributed by atoms with Crippen LogP contribution in [0.4, 0.5) is 11.4 Å². The van der Waals surface area contributed by atoms with Crippen molar-refractivity contribution in [3.63, 3.8) is 0 Å². The molecule has 0 saturated carbocycles. The summed E-state index contributed by atoms with van der Waals surface area (Å²) < 4.78 is 5.14. The molecule has 0 aliphatic rings. The van der Waals surface area contributed by atoms with Crippen molar-refractivity contribution in [3.05, 3.63) is 59.8 Å². The van der Waals surface area contributed by atoms with Gasteiger partial charge in [-0.15, -0.1) is 0 Å². The summed E-state index contributed by atoms with van der Waals surface area (Å²) in [5.41, 5.74) is 3.85. The lowest BCUT2D eigenvalue weighted by Gasteiger charge is -2.11. The number of hydrogen-bond donors (Lipinski definition) is 3. The van der Waals surface area contributed by atoms with E-state index in [1.54, 1.807) is 6.92 Å². The number of anilines is 2. The fourth-order valence-corrected chi connectivity index (χ4v) is 2.76. The third-order valence-corrected chi connectivity index (χ3v) is 3.94. The van der Waals surface area contributed by atoms with Gasteiger partial charge in [0, 0.05) is 16.6 Å². The molecule has 5 nitrogen and oxygen atoms in total. The number of carbonyl (C=O) groups excluding carboxylic acids is 1. The first-order valence-corrected chi connectivity index (χ1v) is 8.42. The molecule has 0 aliphatic carbocycles. The minimum atomic E-state index is -0.417. The summed E-state index contributed by atoms with van der Waals surface area (Å²) in [7, 11) is 0. The second-order valence-electron chi connectivity index (χ2n) is 5.59. The summed E-state index contributed by atoms with van der Waals surface area (Å²) >= 11 is 5.40. The molecule has 3 rings (SSSR count). The molecule has 0 aliphatic heterocycles. The average molecular weight is 353 g/mol. The maximum atomic E-state index is 12.3. The van der Waals surface area contributed by atoms with Gasteiger partial charge in [-0.05, 0) is 44.3 Å². The van der Waals surface area contributed by atoms with Gasteiger partial charge in [0.2, 0.25) is 0 Å². The minimum absolute atomic E-state index is 0.305. The van der Waals surface area contributed by atoms with Crippen LogP contribution in [0, 0.1) is 6.92 Å². The number of nitrogens with one attached hydrogen (secondary N) is 3. The van der Waals surface area contributed by atoms with E-state index in [1.807, 2.05) is 55.5 Å². The number of para-hydroxylation sites is 1. The summed E-state index contributed by atoms with van der Waals surface area (Å²) in [5, 5.41) is 7.52. The Bertz CT molecular complexity index is 916. The van der Waals surface area contributed by atoms with Gasteiger partial charge in [0.05, 0.1) is 12.3 Å². The molecule has 0 spiro atoms. The van der Waals surface area contributed by atoms with E-state index in [0.29, 0.717) is 23.1 Å².